The van der Waals surface area contributed by atoms with Gasteiger partial charge in [0, 0.05) is 11.2 Å². The van der Waals surface area contributed by atoms with Gasteiger partial charge < -0.3 is 5.32 Å². The number of carbonyl (C=O) groups excluding carboxylic acids is 1. The van der Waals surface area contributed by atoms with E-state index >= 15 is 0 Å². The van der Waals surface area contributed by atoms with Crippen molar-refractivity contribution in [1.29, 1.82) is 0 Å². The zero-order valence-corrected chi connectivity index (χ0v) is 10.1. The Balaban J connectivity index is 2.01. The third-order valence-corrected chi connectivity index (χ3v) is 2.58. The van der Waals surface area contributed by atoms with Crippen LogP contribution in [0.2, 0.25) is 5.02 Å². The SMILES string of the molecule is O=C(Cc1ccc(Cl)cc1)Nc1ccncc1F. The van der Waals surface area contributed by atoms with Gasteiger partial charge in [-0.15, -0.1) is 0 Å². The topological polar surface area (TPSA) is 42.0 Å². The Bertz CT molecular complexity index is 557. The third kappa shape index (κ3) is 3.28. The Morgan fingerprint density at radius 2 is 2.00 bits per heavy atom. The summed E-state index contributed by atoms with van der Waals surface area (Å²) >= 11 is 5.74. The van der Waals surface area contributed by atoms with Crippen LogP contribution in [0, 0.1) is 5.82 Å². The first-order chi connectivity index (χ1) is 8.65. The zero-order chi connectivity index (χ0) is 13.0. The molecule has 0 radical (unpaired) electrons. The van der Waals surface area contributed by atoms with Crippen molar-refractivity contribution < 1.29 is 9.18 Å². The van der Waals surface area contributed by atoms with Gasteiger partial charge in [0.25, 0.3) is 0 Å². The summed E-state index contributed by atoms with van der Waals surface area (Å²) in [4.78, 5) is 15.3. The molecule has 0 fully saturated rings. The zero-order valence-electron chi connectivity index (χ0n) is 9.36. The second-order valence-corrected chi connectivity index (χ2v) is 4.14. The van der Waals surface area contributed by atoms with Gasteiger partial charge in [0.05, 0.1) is 18.3 Å². The summed E-state index contributed by atoms with van der Waals surface area (Å²) in [6.07, 6.45) is 2.64. The predicted octanol–water partition coefficient (Wildman–Crippen LogP) is 3.06. The summed E-state index contributed by atoms with van der Waals surface area (Å²) in [5.74, 6) is -0.843. The van der Waals surface area contributed by atoms with Gasteiger partial charge in [0.1, 0.15) is 0 Å². The van der Waals surface area contributed by atoms with Crippen LogP contribution in [0.3, 0.4) is 0 Å². The Labute approximate surface area is 109 Å². The molecule has 0 aliphatic rings. The quantitative estimate of drug-likeness (QED) is 0.926. The van der Waals surface area contributed by atoms with E-state index in [2.05, 4.69) is 10.3 Å². The lowest BCUT2D eigenvalue weighted by Crippen LogP contribution is -2.15. The van der Waals surface area contributed by atoms with Gasteiger partial charge in [-0.3, -0.25) is 9.78 Å². The van der Waals surface area contributed by atoms with E-state index in [-0.39, 0.29) is 18.0 Å². The Kier molecular flexibility index (Phi) is 3.89. The van der Waals surface area contributed by atoms with Crippen LogP contribution < -0.4 is 5.32 Å². The second-order valence-electron chi connectivity index (χ2n) is 3.71. The number of hydrogen-bond donors (Lipinski definition) is 1. The van der Waals surface area contributed by atoms with Crippen LogP contribution in [0.1, 0.15) is 5.56 Å². The largest absolute Gasteiger partial charge is 0.323 e. The molecule has 5 heteroatoms. The maximum absolute atomic E-state index is 13.2. The van der Waals surface area contributed by atoms with Crippen LogP contribution in [0.5, 0.6) is 0 Å². The average Bonchev–Trinajstić information content (AvgIpc) is 2.35. The summed E-state index contributed by atoms with van der Waals surface area (Å²) in [5, 5.41) is 3.10. The van der Waals surface area contributed by atoms with Gasteiger partial charge in [-0.1, -0.05) is 23.7 Å². The molecular formula is C13H10ClFN2O. The molecule has 0 unspecified atom stereocenters. The van der Waals surface area contributed by atoms with E-state index in [1.807, 2.05) is 0 Å². The van der Waals surface area contributed by atoms with E-state index in [9.17, 15) is 9.18 Å². The first-order valence-corrected chi connectivity index (χ1v) is 5.67. The van der Waals surface area contributed by atoms with Crippen LogP contribution >= 0.6 is 11.6 Å². The van der Waals surface area contributed by atoms with Crippen molar-refractivity contribution in [2.45, 2.75) is 6.42 Å². The number of anilines is 1. The minimum absolute atomic E-state index is 0.129. The van der Waals surface area contributed by atoms with Crippen LogP contribution in [-0.2, 0) is 11.2 Å². The summed E-state index contributed by atoms with van der Waals surface area (Å²) in [6.45, 7) is 0. The molecule has 1 N–H and O–H groups in total. The van der Waals surface area contributed by atoms with E-state index in [0.717, 1.165) is 11.8 Å². The smallest absolute Gasteiger partial charge is 0.228 e. The number of halogens is 2. The van der Waals surface area contributed by atoms with Gasteiger partial charge in [0.2, 0.25) is 5.91 Å². The highest BCUT2D eigenvalue weighted by molar-refractivity contribution is 6.30. The minimum atomic E-state index is -0.554. The molecule has 0 saturated carbocycles. The van der Waals surface area contributed by atoms with Crippen LogP contribution in [0.15, 0.2) is 42.7 Å². The molecule has 1 aromatic carbocycles. The van der Waals surface area contributed by atoms with Gasteiger partial charge >= 0.3 is 0 Å². The van der Waals surface area contributed by atoms with Crippen LogP contribution in [-0.4, -0.2) is 10.9 Å². The maximum atomic E-state index is 13.2. The predicted molar refractivity (Wildman–Crippen MR) is 68.0 cm³/mol. The molecule has 1 aromatic heterocycles. The number of benzene rings is 1. The number of hydrogen-bond acceptors (Lipinski definition) is 2. The molecule has 1 heterocycles. The first-order valence-electron chi connectivity index (χ1n) is 5.29. The summed E-state index contributed by atoms with van der Waals surface area (Å²) in [6, 6.07) is 8.33. The van der Waals surface area contributed by atoms with Crippen molar-refractivity contribution in [2.75, 3.05) is 5.32 Å². The summed E-state index contributed by atoms with van der Waals surface area (Å²) in [5.41, 5.74) is 0.940. The first kappa shape index (κ1) is 12.5. The fourth-order valence-corrected chi connectivity index (χ4v) is 1.58. The summed E-state index contributed by atoms with van der Waals surface area (Å²) in [7, 11) is 0. The molecule has 0 atom stereocenters. The summed E-state index contributed by atoms with van der Waals surface area (Å²) < 4.78 is 13.2. The van der Waals surface area contributed by atoms with Gasteiger partial charge in [-0.25, -0.2) is 4.39 Å². The molecule has 0 spiro atoms. The van der Waals surface area contributed by atoms with E-state index in [4.69, 9.17) is 11.6 Å². The number of nitrogens with one attached hydrogen (secondary N) is 1. The normalized spacial score (nSPS) is 10.1. The minimum Gasteiger partial charge on any atom is -0.323 e. The standard InChI is InChI=1S/C13H10ClFN2O/c14-10-3-1-9(2-4-10)7-13(18)17-12-5-6-16-8-11(12)15/h1-6,8H,7H2,(H,16,17,18). The second kappa shape index (κ2) is 5.60. The van der Waals surface area contributed by atoms with Gasteiger partial charge in [0.15, 0.2) is 5.82 Å². The highest BCUT2D eigenvalue weighted by Crippen LogP contribution is 2.13. The Morgan fingerprint density at radius 3 is 2.67 bits per heavy atom. The number of amides is 1. The molecule has 2 aromatic rings. The molecule has 0 aliphatic carbocycles. The van der Waals surface area contributed by atoms with Crippen molar-refractivity contribution in [2.24, 2.45) is 0 Å². The highest BCUT2D eigenvalue weighted by atomic mass is 35.5. The molecular weight excluding hydrogens is 255 g/mol. The maximum Gasteiger partial charge on any atom is 0.228 e. The lowest BCUT2D eigenvalue weighted by molar-refractivity contribution is -0.115. The van der Waals surface area contributed by atoms with Crippen molar-refractivity contribution in [1.82, 2.24) is 4.98 Å². The number of nitrogens with zero attached hydrogens (tertiary/aromatic N) is 1. The molecule has 1 amide bonds. The number of rotatable bonds is 3. The fourth-order valence-electron chi connectivity index (χ4n) is 1.46. The average molecular weight is 265 g/mol. The monoisotopic (exact) mass is 264 g/mol. The molecule has 3 nitrogen and oxygen atoms in total. The molecule has 2 rings (SSSR count). The van der Waals surface area contributed by atoms with Crippen molar-refractivity contribution in [3.63, 3.8) is 0 Å². The van der Waals surface area contributed by atoms with Crippen molar-refractivity contribution >= 4 is 23.2 Å². The van der Waals surface area contributed by atoms with E-state index in [1.54, 1.807) is 24.3 Å². The fraction of sp³-hybridized carbons (Fsp3) is 0.0769. The van der Waals surface area contributed by atoms with Crippen molar-refractivity contribution in [3.8, 4) is 0 Å². The van der Waals surface area contributed by atoms with Crippen LogP contribution in [0.4, 0.5) is 10.1 Å². The highest BCUT2D eigenvalue weighted by Gasteiger charge is 2.07. The van der Waals surface area contributed by atoms with Gasteiger partial charge in [-0.2, -0.15) is 0 Å². The van der Waals surface area contributed by atoms with E-state index in [1.165, 1.54) is 12.3 Å². The molecule has 0 aliphatic heterocycles. The number of pyridine rings is 1. The Hall–Kier alpha value is -1.94. The molecule has 0 bridgehead atoms. The lowest BCUT2D eigenvalue weighted by atomic mass is 10.1. The van der Waals surface area contributed by atoms with Crippen LogP contribution in [0.25, 0.3) is 0 Å². The van der Waals surface area contributed by atoms with Gasteiger partial charge in [-0.05, 0) is 23.8 Å². The number of carbonyl (C=O) groups is 1. The lowest BCUT2D eigenvalue weighted by Gasteiger charge is -2.05. The van der Waals surface area contributed by atoms with E-state index in [0.29, 0.717) is 5.02 Å². The van der Waals surface area contributed by atoms with Crippen molar-refractivity contribution in [3.05, 3.63) is 59.1 Å². The third-order valence-electron chi connectivity index (χ3n) is 2.32. The molecule has 18 heavy (non-hydrogen) atoms. The molecule has 92 valence electrons. The number of aromatic nitrogens is 1. The van der Waals surface area contributed by atoms with E-state index < -0.39 is 5.82 Å². The Morgan fingerprint density at radius 1 is 1.28 bits per heavy atom. The molecule has 0 saturated heterocycles.